The first kappa shape index (κ1) is 11.1. The zero-order chi connectivity index (χ0) is 11.4. The van der Waals surface area contributed by atoms with Crippen LogP contribution in [-0.4, -0.2) is 4.98 Å². The maximum atomic E-state index is 13.4. The number of anilines is 1. The van der Waals surface area contributed by atoms with E-state index in [-0.39, 0.29) is 5.82 Å². The fourth-order valence-corrected chi connectivity index (χ4v) is 1.68. The van der Waals surface area contributed by atoms with E-state index in [4.69, 9.17) is 0 Å². The van der Waals surface area contributed by atoms with Crippen molar-refractivity contribution in [1.82, 2.24) is 4.98 Å². The predicted octanol–water partition coefficient (Wildman–Crippen LogP) is 3.60. The first-order valence-corrected chi connectivity index (χ1v) is 5.64. The SMILES string of the molecule is Fc1ccc(Br)cc1NCc1ccccn1. The molecule has 0 radical (unpaired) electrons. The van der Waals surface area contributed by atoms with E-state index in [9.17, 15) is 4.39 Å². The van der Waals surface area contributed by atoms with E-state index in [1.165, 1.54) is 6.07 Å². The minimum absolute atomic E-state index is 0.265. The second-order valence-electron chi connectivity index (χ2n) is 3.30. The van der Waals surface area contributed by atoms with Crippen LogP contribution in [0.1, 0.15) is 5.69 Å². The van der Waals surface area contributed by atoms with E-state index >= 15 is 0 Å². The molecule has 1 aromatic carbocycles. The zero-order valence-corrected chi connectivity index (χ0v) is 10.0. The van der Waals surface area contributed by atoms with E-state index in [1.807, 2.05) is 18.2 Å². The van der Waals surface area contributed by atoms with Crippen LogP contribution in [0.5, 0.6) is 0 Å². The molecule has 0 fully saturated rings. The number of nitrogens with one attached hydrogen (secondary N) is 1. The van der Waals surface area contributed by atoms with Crippen LogP contribution < -0.4 is 5.32 Å². The first-order valence-electron chi connectivity index (χ1n) is 4.84. The quantitative estimate of drug-likeness (QED) is 0.929. The van der Waals surface area contributed by atoms with Crippen LogP contribution in [0.2, 0.25) is 0 Å². The Hall–Kier alpha value is -1.42. The molecular formula is C12H10BrFN2. The van der Waals surface area contributed by atoms with Crippen LogP contribution in [0.15, 0.2) is 47.1 Å². The number of halogens is 2. The van der Waals surface area contributed by atoms with Crippen LogP contribution in [0.4, 0.5) is 10.1 Å². The molecule has 0 aliphatic carbocycles. The van der Waals surface area contributed by atoms with Crippen LogP contribution in [0, 0.1) is 5.82 Å². The second kappa shape index (κ2) is 5.07. The van der Waals surface area contributed by atoms with Gasteiger partial charge >= 0.3 is 0 Å². The molecule has 0 unspecified atom stereocenters. The average molecular weight is 281 g/mol. The van der Waals surface area contributed by atoms with Crippen molar-refractivity contribution in [3.63, 3.8) is 0 Å². The highest BCUT2D eigenvalue weighted by Gasteiger charge is 2.02. The summed E-state index contributed by atoms with van der Waals surface area (Å²) in [6, 6.07) is 10.4. The number of aromatic nitrogens is 1. The molecule has 0 aliphatic rings. The summed E-state index contributed by atoms with van der Waals surface area (Å²) in [5, 5.41) is 3.00. The third kappa shape index (κ3) is 2.79. The van der Waals surface area contributed by atoms with Gasteiger partial charge in [0.15, 0.2) is 0 Å². The Balaban J connectivity index is 2.08. The van der Waals surface area contributed by atoms with Crippen LogP contribution in [-0.2, 0) is 6.54 Å². The predicted molar refractivity (Wildman–Crippen MR) is 65.7 cm³/mol. The van der Waals surface area contributed by atoms with Gasteiger partial charge in [-0.3, -0.25) is 4.98 Å². The van der Waals surface area contributed by atoms with E-state index in [2.05, 4.69) is 26.2 Å². The lowest BCUT2D eigenvalue weighted by atomic mass is 10.3. The highest BCUT2D eigenvalue weighted by Crippen LogP contribution is 2.20. The number of rotatable bonds is 3. The van der Waals surface area contributed by atoms with Gasteiger partial charge in [-0.1, -0.05) is 22.0 Å². The summed E-state index contributed by atoms with van der Waals surface area (Å²) in [6.45, 7) is 0.508. The summed E-state index contributed by atoms with van der Waals surface area (Å²) < 4.78 is 14.2. The monoisotopic (exact) mass is 280 g/mol. The van der Waals surface area contributed by atoms with Gasteiger partial charge in [0.05, 0.1) is 17.9 Å². The second-order valence-corrected chi connectivity index (χ2v) is 4.21. The summed E-state index contributed by atoms with van der Waals surface area (Å²) >= 11 is 3.30. The first-order chi connectivity index (χ1) is 7.75. The molecule has 0 atom stereocenters. The maximum Gasteiger partial charge on any atom is 0.146 e. The van der Waals surface area contributed by atoms with Gasteiger partial charge in [0, 0.05) is 10.7 Å². The van der Waals surface area contributed by atoms with E-state index in [0.717, 1.165) is 10.2 Å². The van der Waals surface area contributed by atoms with Crippen molar-refractivity contribution >= 4 is 21.6 Å². The van der Waals surface area contributed by atoms with Crippen molar-refractivity contribution in [2.24, 2.45) is 0 Å². The summed E-state index contributed by atoms with van der Waals surface area (Å²) in [4.78, 5) is 4.15. The van der Waals surface area contributed by atoms with Crippen LogP contribution in [0.3, 0.4) is 0 Å². The Bertz CT molecular complexity index is 474. The highest BCUT2D eigenvalue weighted by molar-refractivity contribution is 9.10. The molecule has 16 heavy (non-hydrogen) atoms. The molecule has 0 saturated carbocycles. The minimum atomic E-state index is -0.265. The van der Waals surface area contributed by atoms with Crippen molar-refractivity contribution < 1.29 is 4.39 Å². The van der Waals surface area contributed by atoms with Crippen molar-refractivity contribution in [1.29, 1.82) is 0 Å². The van der Waals surface area contributed by atoms with Gasteiger partial charge in [0.25, 0.3) is 0 Å². The number of nitrogens with zero attached hydrogens (tertiary/aromatic N) is 1. The minimum Gasteiger partial charge on any atom is -0.377 e. The highest BCUT2D eigenvalue weighted by atomic mass is 79.9. The third-order valence-corrected chi connectivity index (χ3v) is 2.61. The Kier molecular flexibility index (Phi) is 3.51. The molecule has 4 heteroatoms. The molecule has 1 N–H and O–H groups in total. The normalized spacial score (nSPS) is 10.1. The lowest BCUT2D eigenvalue weighted by molar-refractivity contribution is 0.629. The van der Waals surface area contributed by atoms with Gasteiger partial charge in [0.2, 0.25) is 0 Å². The molecule has 2 aromatic rings. The van der Waals surface area contributed by atoms with Gasteiger partial charge in [-0.25, -0.2) is 4.39 Å². The van der Waals surface area contributed by atoms with Gasteiger partial charge in [-0.15, -0.1) is 0 Å². The fourth-order valence-electron chi connectivity index (χ4n) is 1.32. The Labute approximate surface area is 102 Å². The van der Waals surface area contributed by atoms with Gasteiger partial charge in [0.1, 0.15) is 5.82 Å². The standard InChI is InChI=1S/C12H10BrFN2/c13-9-4-5-11(14)12(7-9)16-8-10-3-1-2-6-15-10/h1-7,16H,8H2. The van der Waals surface area contributed by atoms with Crippen molar-refractivity contribution in [2.45, 2.75) is 6.54 Å². The molecule has 1 heterocycles. The van der Waals surface area contributed by atoms with Crippen molar-refractivity contribution in [3.8, 4) is 0 Å². The van der Waals surface area contributed by atoms with Crippen LogP contribution >= 0.6 is 15.9 Å². The lowest BCUT2D eigenvalue weighted by Gasteiger charge is -2.07. The Morgan fingerprint density at radius 3 is 2.88 bits per heavy atom. The van der Waals surface area contributed by atoms with Gasteiger partial charge < -0.3 is 5.32 Å². The summed E-state index contributed by atoms with van der Waals surface area (Å²) in [5.74, 6) is -0.265. The Morgan fingerprint density at radius 1 is 1.25 bits per heavy atom. The number of hydrogen-bond donors (Lipinski definition) is 1. The number of hydrogen-bond acceptors (Lipinski definition) is 2. The van der Waals surface area contributed by atoms with E-state index in [0.29, 0.717) is 12.2 Å². The molecule has 0 bridgehead atoms. The molecule has 1 aromatic heterocycles. The van der Waals surface area contributed by atoms with Crippen molar-refractivity contribution in [2.75, 3.05) is 5.32 Å². The summed E-state index contributed by atoms with van der Waals surface area (Å²) in [6.07, 6.45) is 1.72. The molecular weight excluding hydrogens is 271 g/mol. The average Bonchev–Trinajstić information content (AvgIpc) is 2.32. The third-order valence-electron chi connectivity index (χ3n) is 2.11. The number of pyridine rings is 1. The molecule has 2 nitrogen and oxygen atoms in total. The molecule has 0 saturated heterocycles. The molecule has 0 amide bonds. The number of benzene rings is 1. The largest absolute Gasteiger partial charge is 0.377 e. The fraction of sp³-hybridized carbons (Fsp3) is 0.0833. The summed E-state index contributed by atoms with van der Waals surface area (Å²) in [7, 11) is 0. The maximum absolute atomic E-state index is 13.4. The lowest BCUT2D eigenvalue weighted by Crippen LogP contribution is -2.02. The molecule has 82 valence electrons. The molecule has 2 rings (SSSR count). The van der Waals surface area contributed by atoms with E-state index in [1.54, 1.807) is 18.3 Å². The summed E-state index contributed by atoms with van der Waals surface area (Å²) in [5.41, 5.74) is 1.35. The topological polar surface area (TPSA) is 24.9 Å². The van der Waals surface area contributed by atoms with Crippen LogP contribution in [0.25, 0.3) is 0 Å². The van der Waals surface area contributed by atoms with Crippen molar-refractivity contribution in [3.05, 3.63) is 58.6 Å². The Morgan fingerprint density at radius 2 is 2.12 bits per heavy atom. The molecule has 0 aliphatic heterocycles. The van der Waals surface area contributed by atoms with Gasteiger partial charge in [-0.05, 0) is 30.3 Å². The van der Waals surface area contributed by atoms with Gasteiger partial charge in [-0.2, -0.15) is 0 Å². The smallest absolute Gasteiger partial charge is 0.146 e. The molecule has 0 spiro atoms. The zero-order valence-electron chi connectivity index (χ0n) is 8.45. The van der Waals surface area contributed by atoms with E-state index < -0.39 is 0 Å².